The van der Waals surface area contributed by atoms with Gasteiger partial charge in [-0.1, -0.05) is 13.0 Å². The molecule has 1 heterocycles. The third-order valence-corrected chi connectivity index (χ3v) is 8.31. The van der Waals surface area contributed by atoms with Crippen LogP contribution in [0.25, 0.3) is 0 Å². The number of hydrogen-bond acceptors (Lipinski definition) is 6. The Bertz CT molecular complexity index is 1200. The van der Waals surface area contributed by atoms with Crippen molar-refractivity contribution >= 4 is 21.6 Å². The number of methoxy groups -OCH3 is 2. The summed E-state index contributed by atoms with van der Waals surface area (Å²) in [5, 5.41) is 2.70. The fourth-order valence-corrected chi connectivity index (χ4v) is 5.69. The number of anilines is 1. The van der Waals surface area contributed by atoms with E-state index >= 15 is 0 Å². The average molecular weight is 558 g/mol. The van der Waals surface area contributed by atoms with Crippen LogP contribution in [0.4, 0.5) is 18.9 Å². The van der Waals surface area contributed by atoms with Crippen molar-refractivity contribution in [2.45, 2.75) is 37.3 Å². The van der Waals surface area contributed by atoms with E-state index < -0.39 is 34.2 Å². The van der Waals surface area contributed by atoms with E-state index in [2.05, 4.69) is 17.1 Å². The summed E-state index contributed by atoms with van der Waals surface area (Å²) < 4.78 is 78.4. The second kappa shape index (κ2) is 12.7. The number of amides is 1. The Morgan fingerprint density at radius 2 is 1.76 bits per heavy atom. The molecule has 2 aromatic carbocycles. The lowest BCUT2D eigenvalue weighted by Crippen LogP contribution is -2.42. The summed E-state index contributed by atoms with van der Waals surface area (Å²) in [7, 11) is -1.74. The highest BCUT2D eigenvalue weighted by Crippen LogP contribution is 2.35. The molecule has 1 aliphatic heterocycles. The summed E-state index contributed by atoms with van der Waals surface area (Å²) in [5.74, 6) is 0.478. The summed E-state index contributed by atoms with van der Waals surface area (Å²) in [6, 6.07) is 7.69. The van der Waals surface area contributed by atoms with Gasteiger partial charge in [0.25, 0.3) is 10.0 Å². The molecule has 1 N–H and O–H groups in total. The smallest absolute Gasteiger partial charge is 0.416 e. The van der Waals surface area contributed by atoms with Gasteiger partial charge in [-0.15, -0.1) is 0 Å². The van der Waals surface area contributed by atoms with Crippen molar-refractivity contribution in [1.29, 1.82) is 0 Å². The fourth-order valence-electron chi connectivity index (χ4n) is 4.26. The molecular formula is C26H34F3N3O5S. The van der Waals surface area contributed by atoms with Crippen molar-refractivity contribution in [2.24, 2.45) is 5.92 Å². The molecule has 2 aromatic rings. The van der Waals surface area contributed by atoms with E-state index in [1.165, 1.54) is 38.5 Å². The number of nitrogens with one attached hydrogen (secondary N) is 1. The van der Waals surface area contributed by atoms with Gasteiger partial charge in [0.05, 0.1) is 30.4 Å². The summed E-state index contributed by atoms with van der Waals surface area (Å²) in [4.78, 5) is 14.9. The lowest BCUT2D eigenvalue weighted by Gasteiger charge is -2.30. The molecule has 0 radical (unpaired) electrons. The molecular weight excluding hydrogens is 523 g/mol. The Morgan fingerprint density at radius 3 is 2.39 bits per heavy atom. The lowest BCUT2D eigenvalue weighted by atomic mass is 9.99. The largest absolute Gasteiger partial charge is 0.493 e. The Kier molecular flexibility index (Phi) is 9.88. The number of alkyl halides is 3. The minimum absolute atomic E-state index is 0.120. The number of nitrogens with zero attached hydrogens (tertiary/aromatic N) is 2. The molecule has 0 bridgehead atoms. The first-order chi connectivity index (χ1) is 18.0. The minimum Gasteiger partial charge on any atom is -0.493 e. The predicted octanol–water partition coefficient (Wildman–Crippen LogP) is 4.16. The van der Waals surface area contributed by atoms with Gasteiger partial charge >= 0.3 is 6.18 Å². The first-order valence-corrected chi connectivity index (χ1v) is 13.8. The minimum atomic E-state index is -4.69. The van der Waals surface area contributed by atoms with Crippen molar-refractivity contribution in [2.75, 3.05) is 51.2 Å². The van der Waals surface area contributed by atoms with Gasteiger partial charge in [-0.25, -0.2) is 8.42 Å². The molecule has 0 aliphatic carbocycles. The highest BCUT2D eigenvalue weighted by molar-refractivity contribution is 7.92. The monoisotopic (exact) mass is 557 g/mol. The molecule has 0 atom stereocenters. The highest BCUT2D eigenvalue weighted by atomic mass is 32.2. The van der Waals surface area contributed by atoms with Crippen LogP contribution in [0.5, 0.6) is 11.5 Å². The van der Waals surface area contributed by atoms with Crippen molar-refractivity contribution < 1.29 is 35.9 Å². The maximum atomic E-state index is 13.6. The molecule has 1 saturated heterocycles. The molecule has 0 aromatic heterocycles. The molecule has 0 unspecified atom stereocenters. The van der Waals surface area contributed by atoms with Crippen LogP contribution in [0, 0.1) is 5.92 Å². The number of likely N-dealkylation sites (tertiary alicyclic amines) is 1. The third kappa shape index (κ3) is 7.53. The summed E-state index contributed by atoms with van der Waals surface area (Å²) in [5.41, 5.74) is -1.31. The molecule has 1 fully saturated rings. The number of carbonyl (C=O) groups is 1. The standard InChI is InChI=1S/C26H34F3N3O5S/c1-19-10-14-31(15-11-19)13-5-12-30-25(33)18-32(21-7-4-6-20(16-21)26(27,28)29)38(34,35)22-8-9-23(36-2)24(17-22)37-3/h4,6-9,16-17,19H,5,10-15,18H2,1-3H3,(H,30,33). The summed E-state index contributed by atoms with van der Waals surface area (Å²) in [6.07, 6.45) is -1.76. The summed E-state index contributed by atoms with van der Waals surface area (Å²) >= 11 is 0. The van der Waals surface area contributed by atoms with E-state index in [-0.39, 0.29) is 22.1 Å². The Balaban J connectivity index is 1.81. The molecule has 8 nitrogen and oxygen atoms in total. The highest BCUT2D eigenvalue weighted by Gasteiger charge is 2.33. The number of sulfonamides is 1. The number of halogens is 3. The third-order valence-electron chi connectivity index (χ3n) is 6.54. The zero-order chi connectivity index (χ0) is 27.9. The van der Waals surface area contributed by atoms with Gasteiger partial charge < -0.3 is 19.7 Å². The van der Waals surface area contributed by atoms with Crippen molar-refractivity contribution in [3.05, 3.63) is 48.0 Å². The van der Waals surface area contributed by atoms with Gasteiger partial charge in [-0.2, -0.15) is 13.2 Å². The molecule has 0 saturated carbocycles. The number of carbonyl (C=O) groups excluding carboxylic acids is 1. The molecule has 0 spiro atoms. The normalized spacial score (nSPS) is 15.2. The van der Waals surface area contributed by atoms with Crippen LogP contribution in [0.3, 0.4) is 0 Å². The number of piperidine rings is 1. The van der Waals surface area contributed by atoms with E-state index in [1.807, 2.05) is 0 Å². The fraction of sp³-hybridized carbons (Fsp3) is 0.500. The maximum Gasteiger partial charge on any atom is 0.416 e. The van der Waals surface area contributed by atoms with Crippen LogP contribution in [0.1, 0.15) is 31.7 Å². The number of rotatable bonds is 11. The van der Waals surface area contributed by atoms with Gasteiger partial charge in [0.2, 0.25) is 5.91 Å². The maximum absolute atomic E-state index is 13.6. The van der Waals surface area contributed by atoms with Gasteiger partial charge in [-0.05, 0) is 75.1 Å². The van der Waals surface area contributed by atoms with Gasteiger partial charge in [-0.3, -0.25) is 9.10 Å². The molecule has 38 heavy (non-hydrogen) atoms. The second-order valence-corrected chi connectivity index (χ2v) is 11.2. The van der Waals surface area contributed by atoms with E-state index in [0.29, 0.717) is 29.3 Å². The lowest BCUT2D eigenvalue weighted by molar-refractivity contribution is -0.137. The topological polar surface area (TPSA) is 88.2 Å². The quantitative estimate of drug-likeness (QED) is 0.418. The Morgan fingerprint density at radius 1 is 1.08 bits per heavy atom. The SMILES string of the molecule is COc1ccc(S(=O)(=O)N(CC(=O)NCCCN2CCC(C)CC2)c2cccc(C(F)(F)F)c2)cc1OC. The predicted molar refractivity (Wildman–Crippen MR) is 138 cm³/mol. The molecule has 3 rings (SSSR count). The van der Waals surface area contributed by atoms with E-state index in [0.717, 1.165) is 44.6 Å². The zero-order valence-electron chi connectivity index (χ0n) is 21.8. The average Bonchev–Trinajstić information content (AvgIpc) is 2.89. The first kappa shape index (κ1) is 29.6. The van der Waals surface area contributed by atoms with E-state index in [1.54, 1.807) is 0 Å². The van der Waals surface area contributed by atoms with Crippen molar-refractivity contribution in [3.63, 3.8) is 0 Å². The van der Waals surface area contributed by atoms with E-state index in [9.17, 15) is 26.4 Å². The van der Waals surface area contributed by atoms with Gasteiger partial charge in [0.1, 0.15) is 6.54 Å². The Labute approximate surface area is 221 Å². The number of benzene rings is 2. The zero-order valence-corrected chi connectivity index (χ0v) is 22.6. The van der Waals surface area contributed by atoms with Crippen LogP contribution < -0.4 is 19.1 Å². The molecule has 210 valence electrons. The van der Waals surface area contributed by atoms with Crippen LogP contribution in [-0.4, -0.2) is 66.2 Å². The van der Waals surface area contributed by atoms with Crippen LogP contribution in [0.15, 0.2) is 47.4 Å². The first-order valence-electron chi connectivity index (χ1n) is 12.4. The second-order valence-electron chi connectivity index (χ2n) is 9.30. The molecule has 1 aliphatic rings. The van der Waals surface area contributed by atoms with Crippen LogP contribution in [-0.2, 0) is 21.0 Å². The van der Waals surface area contributed by atoms with E-state index in [4.69, 9.17) is 9.47 Å². The van der Waals surface area contributed by atoms with Crippen molar-refractivity contribution in [1.82, 2.24) is 10.2 Å². The van der Waals surface area contributed by atoms with Crippen molar-refractivity contribution in [3.8, 4) is 11.5 Å². The van der Waals surface area contributed by atoms with Gasteiger partial charge in [0, 0.05) is 12.6 Å². The number of hydrogen-bond donors (Lipinski definition) is 1. The molecule has 12 heteroatoms. The Hall–Kier alpha value is -2.99. The van der Waals surface area contributed by atoms with Gasteiger partial charge in [0.15, 0.2) is 11.5 Å². The summed E-state index contributed by atoms with van der Waals surface area (Å²) in [6.45, 7) is 4.65. The molecule has 1 amide bonds. The number of ether oxygens (including phenoxy) is 2. The van der Waals surface area contributed by atoms with Crippen LogP contribution >= 0.6 is 0 Å². The van der Waals surface area contributed by atoms with Crippen LogP contribution in [0.2, 0.25) is 0 Å².